The summed E-state index contributed by atoms with van der Waals surface area (Å²) in [7, 11) is 0. The summed E-state index contributed by atoms with van der Waals surface area (Å²) in [6, 6.07) is 0.694. The van der Waals surface area contributed by atoms with Crippen molar-refractivity contribution >= 4 is 11.8 Å². The van der Waals surface area contributed by atoms with Crippen LogP contribution in [0.3, 0.4) is 0 Å². The molecule has 0 aromatic rings. The van der Waals surface area contributed by atoms with E-state index in [9.17, 15) is 0 Å². The summed E-state index contributed by atoms with van der Waals surface area (Å²) < 4.78 is 0. The highest BCUT2D eigenvalue weighted by atomic mass is 32.2. The van der Waals surface area contributed by atoms with Crippen molar-refractivity contribution in [1.29, 1.82) is 0 Å². The second-order valence-electron chi connectivity index (χ2n) is 4.52. The van der Waals surface area contributed by atoms with Gasteiger partial charge in [-0.1, -0.05) is 41.0 Å². The molecule has 0 bridgehead atoms. The van der Waals surface area contributed by atoms with Crippen molar-refractivity contribution < 1.29 is 0 Å². The average Bonchev–Trinajstić information content (AvgIpc) is 2.26. The third-order valence-corrected chi connectivity index (χ3v) is 4.62. The lowest BCUT2D eigenvalue weighted by Crippen LogP contribution is -2.37. The number of thioether (sulfide) groups is 1. The second-order valence-corrected chi connectivity index (χ2v) is 5.93. The largest absolute Gasteiger partial charge is 0.313 e. The minimum atomic E-state index is 0.694. The Kier molecular flexibility index (Phi) is 9.73. The standard InChI is InChI=1S/C13H29NS/c1-6-9-14-13(8-3)12(5)15-10-11(4)7-2/h11-14H,6-10H2,1-5H3. The maximum atomic E-state index is 3.64. The lowest BCUT2D eigenvalue weighted by molar-refractivity contribution is 0.492. The van der Waals surface area contributed by atoms with Gasteiger partial charge in [-0.15, -0.1) is 0 Å². The molecule has 1 N–H and O–H groups in total. The van der Waals surface area contributed by atoms with Crippen LogP contribution in [-0.4, -0.2) is 23.6 Å². The van der Waals surface area contributed by atoms with Gasteiger partial charge in [0.2, 0.25) is 0 Å². The Morgan fingerprint density at radius 3 is 2.20 bits per heavy atom. The number of nitrogens with one attached hydrogen (secondary N) is 1. The number of hydrogen-bond donors (Lipinski definition) is 1. The van der Waals surface area contributed by atoms with Crippen LogP contribution in [0.15, 0.2) is 0 Å². The first-order valence-corrected chi connectivity index (χ1v) is 7.55. The molecule has 0 aromatic carbocycles. The van der Waals surface area contributed by atoms with Crippen LogP contribution in [0.4, 0.5) is 0 Å². The molecule has 0 aliphatic heterocycles. The quantitative estimate of drug-likeness (QED) is 0.645. The van der Waals surface area contributed by atoms with Crippen LogP contribution in [0.2, 0.25) is 0 Å². The van der Waals surface area contributed by atoms with Crippen molar-refractivity contribution in [3.63, 3.8) is 0 Å². The van der Waals surface area contributed by atoms with E-state index in [4.69, 9.17) is 0 Å². The van der Waals surface area contributed by atoms with Crippen LogP contribution in [-0.2, 0) is 0 Å². The van der Waals surface area contributed by atoms with Gasteiger partial charge >= 0.3 is 0 Å². The Bertz CT molecular complexity index is 138. The van der Waals surface area contributed by atoms with Gasteiger partial charge in [0, 0.05) is 11.3 Å². The zero-order valence-corrected chi connectivity index (χ0v) is 12.0. The summed E-state index contributed by atoms with van der Waals surface area (Å²) >= 11 is 2.13. The molecule has 0 aliphatic carbocycles. The van der Waals surface area contributed by atoms with Crippen molar-refractivity contribution in [2.24, 2.45) is 5.92 Å². The lowest BCUT2D eigenvalue weighted by Gasteiger charge is -2.24. The van der Waals surface area contributed by atoms with E-state index in [1.54, 1.807) is 0 Å². The van der Waals surface area contributed by atoms with Gasteiger partial charge in [-0.05, 0) is 31.1 Å². The molecule has 0 aromatic heterocycles. The van der Waals surface area contributed by atoms with Crippen molar-refractivity contribution in [3.05, 3.63) is 0 Å². The molecule has 0 aliphatic rings. The van der Waals surface area contributed by atoms with Gasteiger partial charge in [-0.2, -0.15) is 11.8 Å². The molecule has 2 heteroatoms. The molecular weight excluding hydrogens is 202 g/mol. The van der Waals surface area contributed by atoms with Crippen molar-refractivity contribution in [2.45, 2.75) is 65.2 Å². The number of hydrogen-bond acceptors (Lipinski definition) is 2. The van der Waals surface area contributed by atoms with E-state index >= 15 is 0 Å². The van der Waals surface area contributed by atoms with E-state index < -0.39 is 0 Å². The monoisotopic (exact) mass is 231 g/mol. The predicted octanol–water partition coefficient (Wildman–Crippen LogP) is 3.93. The highest BCUT2D eigenvalue weighted by molar-refractivity contribution is 7.99. The predicted molar refractivity (Wildman–Crippen MR) is 73.7 cm³/mol. The Balaban J connectivity index is 3.76. The van der Waals surface area contributed by atoms with E-state index in [-0.39, 0.29) is 0 Å². The summed E-state index contributed by atoms with van der Waals surface area (Å²) in [5.74, 6) is 2.17. The molecule has 3 atom stereocenters. The fourth-order valence-electron chi connectivity index (χ4n) is 1.52. The first kappa shape index (κ1) is 15.3. The van der Waals surface area contributed by atoms with Gasteiger partial charge in [0.25, 0.3) is 0 Å². The zero-order chi connectivity index (χ0) is 11.7. The molecule has 0 saturated carbocycles. The van der Waals surface area contributed by atoms with Gasteiger partial charge in [0.1, 0.15) is 0 Å². The van der Waals surface area contributed by atoms with Crippen molar-refractivity contribution in [3.8, 4) is 0 Å². The molecular formula is C13H29NS. The Hall–Kier alpha value is 0.310. The van der Waals surface area contributed by atoms with Crippen LogP contribution >= 0.6 is 11.8 Å². The minimum absolute atomic E-state index is 0.694. The van der Waals surface area contributed by atoms with Crippen LogP contribution in [0.5, 0.6) is 0 Å². The van der Waals surface area contributed by atoms with Crippen LogP contribution in [0.1, 0.15) is 53.9 Å². The fourth-order valence-corrected chi connectivity index (χ4v) is 2.91. The average molecular weight is 231 g/mol. The number of rotatable bonds is 9. The maximum absolute atomic E-state index is 3.64. The van der Waals surface area contributed by atoms with Crippen molar-refractivity contribution in [1.82, 2.24) is 5.32 Å². The molecule has 3 unspecified atom stereocenters. The first-order chi connectivity index (χ1) is 7.15. The summed E-state index contributed by atoms with van der Waals surface area (Å²) in [5.41, 5.74) is 0. The maximum Gasteiger partial charge on any atom is 0.0181 e. The molecule has 15 heavy (non-hydrogen) atoms. The molecule has 1 nitrogen and oxygen atoms in total. The normalized spacial score (nSPS) is 17.4. The molecule has 0 spiro atoms. The Labute approximate surface area is 101 Å². The van der Waals surface area contributed by atoms with Gasteiger partial charge in [-0.3, -0.25) is 0 Å². The molecule has 0 fully saturated rings. The van der Waals surface area contributed by atoms with E-state index in [0.29, 0.717) is 6.04 Å². The van der Waals surface area contributed by atoms with E-state index in [1.807, 2.05) is 0 Å². The lowest BCUT2D eigenvalue weighted by atomic mass is 10.1. The molecule has 0 amide bonds. The minimum Gasteiger partial charge on any atom is -0.313 e. The van der Waals surface area contributed by atoms with E-state index in [2.05, 4.69) is 51.7 Å². The van der Waals surface area contributed by atoms with E-state index in [1.165, 1.54) is 25.0 Å². The Morgan fingerprint density at radius 1 is 1.07 bits per heavy atom. The molecule has 0 radical (unpaired) electrons. The SMILES string of the molecule is CCCNC(CC)C(C)SCC(C)CC. The van der Waals surface area contributed by atoms with Crippen LogP contribution < -0.4 is 5.32 Å². The molecule has 0 rings (SSSR count). The summed E-state index contributed by atoms with van der Waals surface area (Å²) in [5, 5.41) is 4.39. The topological polar surface area (TPSA) is 12.0 Å². The fraction of sp³-hybridized carbons (Fsp3) is 1.00. The van der Waals surface area contributed by atoms with Crippen LogP contribution in [0.25, 0.3) is 0 Å². The smallest absolute Gasteiger partial charge is 0.0181 e. The second kappa shape index (κ2) is 9.53. The van der Waals surface area contributed by atoms with E-state index in [0.717, 1.165) is 17.7 Å². The van der Waals surface area contributed by atoms with Gasteiger partial charge < -0.3 is 5.32 Å². The zero-order valence-electron chi connectivity index (χ0n) is 11.2. The van der Waals surface area contributed by atoms with Crippen LogP contribution in [0, 0.1) is 5.92 Å². The third-order valence-electron chi connectivity index (χ3n) is 3.00. The first-order valence-electron chi connectivity index (χ1n) is 6.50. The Morgan fingerprint density at radius 2 is 1.73 bits per heavy atom. The van der Waals surface area contributed by atoms with Gasteiger partial charge in [0.05, 0.1) is 0 Å². The van der Waals surface area contributed by atoms with Crippen molar-refractivity contribution in [2.75, 3.05) is 12.3 Å². The van der Waals surface area contributed by atoms with Gasteiger partial charge in [0.15, 0.2) is 0 Å². The summed E-state index contributed by atoms with van der Waals surface area (Å²) in [6.07, 6.45) is 3.78. The summed E-state index contributed by atoms with van der Waals surface area (Å²) in [4.78, 5) is 0. The van der Waals surface area contributed by atoms with Gasteiger partial charge in [-0.25, -0.2) is 0 Å². The molecule has 0 saturated heterocycles. The third kappa shape index (κ3) is 7.24. The molecule has 0 heterocycles. The molecule has 92 valence electrons. The summed E-state index contributed by atoms with van der Waals surface area (Å²) in [6.45, 7) is 12.7. The highest BCUT2D eigenvalue weighted by Crippen LogP contribution is 2.20. The highest BCUT2D eigenvalue weighted by Gasteiger charge is 2.15.